The Labute approximate surface area is 204 Å². The number of likely N-dealkylation sites (N-methyl/N-ethyl adjacent to an activating group) is 1. The Balaban J connectivity index is 1.56. The van der Waals surface area contributed by atoms with E-state index in [-0.39, 0.29) is 29.3 Å². The zero-order valence-electron chi connectivity index (χ0n) is 19.7. The zero-order valence-corrected chi connectivity index (χ0v) is 20.5. The second kappa shape index (κ2) is 11.1. The molecular formula is C25H28N4O5S. The summed E-state index contributed by atoms with van der Waals surface area (Å²) in [5.74, 6) is 0.0320. The number of methoxy groups -OCH3 is 1. The van der Waals surface area contributed by atoms with Crippen LogP contribution in [0, 0.1) is 0 Å². The van der Waals surface area contributed by atoms with Crippen molar-refractivity contribution in [2.45, 2.75) is 17.9 Å². The topological polar surface area (TPSA) is 131 Å². The molecule has 0 spiro atoms. The molecule has 2 amide bonds. The first-order valence-electron chi connectivity index (χ1n) is 10.8. The number of para-hydroxylation sites is 2. The molecule has 3 aromatic rings. The number of nitrogens with zero attached hydrogens (tertiary/aromatic N) is 1. The minimum absolute atomic E-state index is 0.0360. The zero-order chi connectivity index (χ0) is 25.6. The third-order valence-corrected chi connectivity index (χ3v) is 6.46. The summed E-state index contributed by atoms with van der Waals surface area (Å²) in [6.07, 6.45) is 0. The lowest BCUT2D eigenvalue weighted by Crippen LogP contribution is -2.32. The van der Waals surface area contributed by atoms with Crippen LogP contribution in [-0.4, -0.2) is 45.8 Å². The predicted molar refractivity (Wildman–Crippen MR) is 135 cm³/mol. The molecule has 0 heterocycles. The number of nitrogens with one attached hydrogen (secondary N) is 2. The summed E-state index contributed by atoms with van der Waals surface area (Å²) in [5, 5.41) is 10.8. The van der Waals surface area contributed by atoms with Crippen molar-refractivity contribution < 1.29 is 22.7 Å². The lowest BCUT2D eigenvalue weighted by atomic mass is 10.1. The number of rotatable bonds is 9. The van der Waals surface area contributed by atoms with Crippen molar-refractivity contribution in [2.24, 2.45) is 5.14 Å². The van der Waals surface area contributed by atoms with Crippen LogP contribution in [0.4, 0.5) is 11.4 Å². The smallest absolute Gasteiger partial charge is 0.255 e. The Morgan fingerprint density at radius 3 is 2.20 bits per heavy atom. The van der Waals surface area contributed by atoms with Gasteiger partial charge in [-0.1, -0.05) is 24.3 Å². The highest BCUT2D eigenvalue weighted by Gasteiger charge is 2.17. The van der Waals surface area contributed by atoms with Crippen molar-refractivity contribution in [3.05, 3.63) is 83.9 Å². The maximum Gasteiger partial charge on any atom is 0.255 e. The highest BCUT2D eigenvalue weighted by molar-refractivity contribution is 7.89. The molecule has 0 aliphatic heterocycles. The summed E-state index contributed by atoms with van der Waals surface area (Å²) in [7, 11) is -0.428. The fourth-order valence-electron chi connectivity index (χ4n) is 3.40. The van der Waals surface area contributed by atoms with E-state index in [0.717, 1.165) is 5.56 Å². The average molecular weight is 497 g/mol. The summed E-state index contributed by atoms with van der Waals surface area (Å²) < 4.78 is 28.1. The summed E-state index contributed by atoms with van der Waals surface area (Å²) in [5.41, 5.74) is 2.40. The van der Waals surface area contributed by atoms with E-state index in [9.17, 15) is 18.0 Å². The first-order chi connectivity index (χ1) is 16.6. The molecule has 10 heteroatoms. The Kier molecular flexibility index (Phi) is 8.23. The second-order valence-electron chi connectivity index (χ2n) is 7.99. The van der Waals surface area contributed by atoms with Gasteiger partial charge in [0.05, 0.1) is 24.2 Å². The van der Waals surface area contributed by atoms with Gasteiger partial charge in [-0.2, -0.15) is 0 Å². The number of ether oxygens (including phenoxy) is 1. The molecule has 3 aromatic carbocycles. The molecule has 0 bridgehead atoms. The molecule has 0 radical (unpaired) electrons. The summed E-state index contributed by atoms with van der Waals surface area (Å²) >= 11 is 0. The average Bonchev–Trinajstić information content (AvgIpc) is 2.83. The molecule has 35 heavy (non-hydrogen) atoms. The summed E-state index contributed by atoms with van der Waals surface area (Å²) in [6.45, 7) is 2.02. The quantitative estimate of drug-likeness (QED) is 0.417. The highest BCUT2D eigenvalue weighted by Crippen LogP contribution is 2.24. The van der Waals surface area contributed by atoms with E-state index in [0.29, 0.717) is 22.7 Å². The van der Waals surface area contributed by atoms with Crippen LogP contribution in [0.15, 0.2) is 77.7 Å². The largest absolute Gasteiger partial charge is 0.495 e. The first kappa shape index (κ1) is 25.9. The summed E-state index contributed by atoms with van der Waals surface area (Å²) in [6, 6.07) is 19.8. The fourth-order valence-corrected chi connectivity index (χ4v) is 3.92. The minimum Gasteiger partial charge on any atom is -0.495 e. The van der Waals surface area contributed by atoms with Crippen LogP contribution in [-0.2, 0) is 14.8 Å². The van der Waals surface area contributed by atoms with Crippen LogP contribution >= 0.6 is 0 Å². The maximum atomic E-state index is 12.5. The van der Waals surface area contributed by atoms with Gasteiger partial charge in [-0.25, -0.2) is 13.6 Å². The van der Waals surface area contributed by atoms with Gasteiger partial charge in [0.25, 0.3) is 5.91 Å². The molecule has 0 aliphatic carbocycles. The first-order valence-corrected chi connectivity index (χ1v) is 12.3. The van der Waals surface area contributed by atoms with Crippen molar-refractivity contribution in [3.63, 3.8) is 0 Å². The van der Waals surface area contributed by atoms with Gasteiger partial charge in [0.1, 0.15) is 5.75 Å². The van der Waals surface area contributed by atoms with E-state index >= 15 is 0 Å². The lowest BCUT2D eigenvalue weighted by molar-refractivity contribution is -0.117. The van der Waals surface area contributed by atoms with Gasteiger partial charge in [-0.15, -0.1) is 0 Å². The standard InChI is InChI=1S/C25H28N4O5S/c1-17(18-10-14-21(15-11-18)35(26,32)33)29(2)16-24(30)27-20-12-8-19(9-13-20)25(31)28-22-6-4-5-7-23(22)34-3/h4-15,17H,16H2,1-3H3,(H,27,30)(H,28,31)(H2,26,32,33). The van der Waals surface area contributed by atoms with E-state index < -0.39 is 10.0 Å². The van der Waals surface area contributed by atoms with E-state index in [2.05, 4.69) is 10.6 Å². The molecule has 0 aliphatic rings. The Hall–Kier alpha value is -3.73. The molecule has 3 rings (SSSR count). The van der Waals surface area contributed by atoms with Gasteiger partial charge in [-0.3, -0.25) is 14.5 Å². The molecule has 9 nitrogen and oxygen atoms in total. The van der Waals surface area contributed by atoms with Crippen LogP contribution < -0.4 is 20.5 Å². The monoisotopic (exact) mass is 496 g/mol. The van der Waals surface area contributed by atoms with E-state index in [4.69, 9.17) is 9.88 Å². The molecule has 184 valence electrons. The van der Waals surface area contributed by atoms with Crippen molar-refractivity contribution in [2.75, 3.05) is 31.3 Å². The SMILES string of the molecule is COc1ccccc1NC(=O)c1ccc(NC(=O)CN(C)C(C)c2ccc(S(N)(=O)=O)cc2)cc1. The van der Waals surface area contributed by atoms with Crippen LogP contribution in [0.2, 0.25) is 0 Å². The molecule has 1 unspecified atom stereocenters. The van der Waals surface area contributed by atoms with Crippen LogP contribution in [0.3, 0.4) is 0 Å². The normalized spacial score (nSPS) is 12.1. The summed E-state index contributed by atoms with van der Waals surface area (Å²) in [4.78, 5) is 26.9. The van der Waals surface area contributed by atoms with Crippen LogP contribution in [0.25, 0.3) is 0 Å². The van der Waals surface area contributed by atoms with Gasteiger partial charge in [-0.05, 0) is 68.1 Å². The number of hydrogen-bond donors (Lipinski definition) is 3. The number of anilines is 2. The number of hydrogen-bond acceptors (Lipinski definition) is 6. The van der Waals surface area contributed by atoms with Gasteiger partial charge in [0.15, 0.2) is 0 Å². The van der Waals surface area contributed by atoms with E-state index in [1.165, 1.54) is 19.2 Å². The molecular weight excluding hydrogens is 468 g/mol. The molecule has 1 atom stereocenters. The molecule has 4 N–H and O–H groups in total. The number of carbonyl (C=O) groups excluding carboxylic acids is 2. The number of sulfonamides is 1. The number of nitrogens with two attached hydrogens (primary N) is 1. The maximum absolute atomic E-state index is 12.5. The van der Waals surface area contributed by atoms with Crippen molar-refractivity contribution in [3.8, 4) is 5.75 Å². The van der Waals surface area contributed by atoms with Crippen molar-refractivity contribution in [1.82, 2.24) is 4.90 Å². The van der Waals surface area contributed by atoms with Gasteiger partial charge in [0.2, 0.25) is 15.9 Å². The molecule has 0 saturated carbocycles. The van der Waals surface area contributed by atoms with Gasteiger partial charge in [0, 0.05) is 17.3 Å². The van der Waals surface area contributed by atoms with E-state index in [1.807, 2.05) is 17.9 Å². The lowest BCUT2D eigenvalue weighted by Gasteiger charge is -2.24. The van der Waals surface area contributed by atoms with Crippen molar-refractivity contribution in [1.29, 1.82) is 0 Å². The fraction of sp³-hybridized carbons (Fsp3) is 0.200. The van der Waals surface area contributed by atoms with Crippen molar-refractivity contribution >= 4 is 33.2 Å². The number of primary sulfonamides is 1. The number of benzene rings is 3. The second-order valence-corrected chi connectivity index (χ2v) is 9.55. The minimum atomic E-state index is -3.76. The molecule has 0 aromatic heterocycles. The third kappa shape index (κ3) is 6.89. The molecule has 0 saturated heterocycles. The van der Waals surface area contributed by atoms with E-state index in [1.54, 1.807) is 61.6 Å². The van der Waals surface area contributed by atoms with Gasteiger partial charge >= 0.3 is 0 Å². The van der Waals surface area contributed by atoms with Crippen LogP contribution in [0.1, 0.15) is 28.9 Å². The number of carbonyl (C=O) groups is 2. The van der Waals surface area contributed by atoms with Gasteiger partial charge < -0.3 is 15.4 Å². The Bertz CT molecular complexity index is 1290. The van der Waals surface area contributed by atoms with Crippen LogP contribution in [0.5, 0.6) is 5.75 Å². The molecule has 0 fully saturated rings. The third-order valence-electron chi connectivity index (χ3n) is 5.53. The Morgan fingerprint density at radius 1 is 0.971 bits per heavy atom. The predicted octanol–water partition coefficient (Wildman–Crippen LogP) is 3.23. The highest BCUT2D eigenvalue weighted by atomic mass is 32.2. The number of amides is 2. The Morgan fingerprint density at radius 2 is 1.60 bits per heavy atom.